The van der Waals surface area contributed by atoms with Crippen molar-refractivity contribution in [2.75, 3.05) is 0 Å². The highest BCUT2D eigenvalue weighted by Crippen LogP contribution is 2.29. The standard InChI is InChI=1S/C13H17ClN4/c1-3-18-8-10(7-16-18)13(17-15)11-6-4-5-9(2)12(11)14/h4-8,13,17H,3,15H2,1-2H3. The van der Waals surface area contributed by atoms with Crippen molar-refractivity contribution in [2.24, 2.45) is 5.84 Å². The number of hydrogen-bond acceptors (Lipinski definition) is 3. The summed E-state index contributed by atoms with van der Waals surface area (Å²) in [5.41, 5.74) is 5.82. The number of nitrogens with two attached hydrogens (primary N) is 1. The van der Waals surface area contributed by atoms with Crippen LogP contribution in [0.2, 0.25) is 5.02 Å². The maximum absolute atomic E-state index is 6.33. The van der Waals surface area contributed by atoms with Gasteiger partial charge in [0, 0.05) is 23.3 Å². The van der Waals surface area contributed by atoms with E-state index in [2.05, 4.69) is 10.5 Å². The number of aryl methyl sites for hydroxylation is 2. The third-order valence-corrected chi connectivity index (χ3v) is 3.53. The number of halogens is 1. The summed E-state index contributed by atoms with van der Waals surface area (Å²) in [6.45, 7) is 4.86. The molecule has 5 heteroatoms. The van der Waals surface area contributed by atoms with Gasteiger partial charge in [-0.2, -0.15) is 5.10 Å². The molecule has 0 spiro atoms. The first-order valence-electron chi connectivity index (χ1n) is 5.90. The molecule has 1 unspecified atom stereocenters. The molecule has 1 aromatic heterocycles. The summed E-state index contributed by atoms with van der Waals surface area (Å²) in [5.74, 6) is 5.66. The summed E-state index contributed by atoms with van der Waals surface area (Å²) < 4.78 is 1.86. The second-order valence-electron chi connectivity index (χ2n) is 4.21. The lowest BCUT2D eigenvalue weighted by Gasteiger charge is -2.17. The quantitative estimate of drug-likeness (QED) is 0.659. The van der Waals surface area contributed by atoms with E-state index in [9.17, 15) is 0 Å². The van der Waals surface area contributed by atoms with Gasteiger partial charge in [-0.1, -0.05) is 29.8 Å². The molecule has 0 bridgehead atoms. The first-order chi connectivity index (χ1) is 8.67. The zero-order valence-corrected chi connectivity index (χ0v) is 11.3. The lowest BCUT2D eigenvalue weighted by molar-refractivity contribution is 0.630. The number of nitrogens with one attached hydrogen (secondary N) is 1. The molecular formula is C13H17ClN4. The molecule has 2 rings (SSSR count). The van der Waals surface area contributed by atoms with Gasteiger partial charge in [0.05, 0.1) is 12.2 Å². The van der Waals surface area contributed by atoms with Gasteiger partial charge in [0.1, 0.15) is 0 Å². The van der Waals surface area contributed by atoms with E-state index in [-0.39, 0.29) is 6.04 Å². The molecule has 0 aliphatic carbocycles. The fourth-order valence-electron chi connectivity index (χ4n) is 1.96. The van der Waals surface area contributed by atoms with Crippen LogP contribution >= 0.6 is 11.6 Å². The largest absolute Gasteiger partial charge is 0.273 e. The van der Waals surface area contributed by atoms with Crippen LogP contribution in [0.25, 0.3) is 0 Å². The van der Waals surface area contributed by atoms with E-state index in [1.165, 1.54) is 0 Å². The Bertz CT molecular complexity index is 536. The van der Waals surface area contributed by atoms with Crippen molar-refractivity contribution in [3.05, 3.63) is 52.3 Å². The highest BCUT2D eigenvalue weighted by molar-refractivity contribution is 6.32. The molecule has 4 nitrogen and oxygen atoms in total. The van der Waals surface area contributed by atoms with E-state index in [4.69, 9.17) is 17.4 Å². The Morgan fingerprint density at radius 1 is 1.50 bits per heavy atom. The summed E-state index contributed by atoms with van der Waals surface area (Å²) in [6.07, 6.45) is 3.79. The molecule has 0 fully saturated rings. The smallest absolute Gasteiger partial charge is 0.0755 e. The number of hydrazine groups is 1. The Hall–Kier alpha value is -1.36. The van der Waals surface area contributed by atoms with E-state index in [1.807, 2.05) is 49.1 Å². The minimum absolute atomic E-state index is 0.141. The summed E-state index contributed by atoms with van der Waals surface area (Å²) in [6, 6.07) is 5.79. The highest BCUT2D eigenvalue weighted by Gasteiger charge is 2.17. The van der Waals surface area contributed by atoms with E-state index >= 15 is 0 Å². The average Bonchev–Trinajstić information content (AvgIpc) is 2.84. The molecule has 0 saturated carbocycles. The van der Waals surface area contributed by atoms with Gasteiger partial charge in [-0.3, -0.25) is 10.5 Å². The van der Waals surface area contributed by atoms with Gasteiger partial charge >= 0.3 is 0 Å². The Labute approximate surface area is 112 Å². The van der Waals surface area contributed by atoms with E-state index in [0.717, 1.165) is 28.3 Å². The van der Waals surface area contributed by atoms with Crippen molar-refractivity contribution in [3.8, 4) is 0 Å². The van der Waals surface area contributed by atoms with Gasteiger partial charge in [-0.15, -0.1) is 0 Å². The van der Waals surface area contributed by atoms with Crippen molar-refractivity contribution >= 4 is 11.6 Å². The molecule has 0 saturated heterocycles. The monoisotopic (exact) mass is 264 g/mol. The van der Waals surface area contributed by atoms with E-state index in [1.54, 1.807) is 0 Å². The van der Waals surface area contributed by atoms with Gasteiger partial charge in [0.2, 0.25) is 0 Å². The molecule has 0 amide bonds. The molecule has 0 aliphatic rings. The Balaban J connectivity index is 2.41. The average molecular weight is 265 g/mol. The highest BCUT2D eigenvalue weighted by atomic mass is 35.5. The van der Waals surface area contributed by atoms with Crippen molar-refractivity contribution in [1.82, 2.24) is 15.2 Å². The zero-order valence-electron chi connectivity index (χ0n) is 10.5. The van der Waals surface area contributed by atoms with Gasteiger partial charge in [-0.05, 0) is 25.0 Å². The molecule has 18 heavy (non-hydrogen) atoms. The zero-order chi connectivity index (χ0) is 13.1. The first-order valence-corrected chi connectivity index (χ1v) is 6.28. The SMILES string of the molecule is CCn1cc(C(NN)c2cccc(C)c2Cl)cn1. The summed E-state index contributed by atoms with van der Waals surface area (Å²) >= 11 is 6.33. The molecular weight excluding hydrogens is 248 g/mol. The first kappa shape index (κ1) is 13.1. The van der Waals surface area contributed by atoms with Crippen LogP contribution in [0, 0.1) is 6.92 Å². The molecule has 1 heterocycles. The number of aromatic nitrogens is 2. The van der Waals surface area contributed by atoms with Crippen LogP contribution in [0.4, 0.5) is 0 Å². The predicted octanol–water partition coefficient (Wildman–Crippen LogP) is 2.42. The minimum Gasteiger partial charge on any atom is -0.273 e. The van der Waals surface area contributed by atoms with Gasteiger partial charge in [0.15, 0.2) is 0 Å². The molecule has 1 aromatic carbocycles. The third-order valence-electron chi connectivity index (χ3n) is 3.01. The molecule has 0 aliphatic heterocycles. The van der Waals surface area contributed by atoms with Crippen LogP contribution in [0.3, 0.4) is 0 Å². The second-order valence-corrected chi connectivity index (χ2v) is 4.59. The van der Waals surface area contributed by atoms with Crippen molar-refractivity contribution in [1.29, 1.82) is 0 Å². The van der Waals surface area contributed by atoms with Crippen LogP contribution < -0.4 is 11.3 Å². The lowest BCUT2D eigenvalue weighted by atomic mass is 10.0. The van der Waals surface area contributed by atoms with Crippen LogP contribution in [0.1, 0.15) is 29.7 Å². The Morgan fingerprint density at radius 3 is 2.89 bits per heavy atom. The van der Waals surface area contributed by atoms with Crippen LogP contribution in [-0.4, -0.2) is 9.78 Å². The molecule has 3 N–H and O–H groups in total. The van der Waals surface area contributed by atoms with Crippen molar-refractivity contribution in [2.45, 2.75) is 26.4 Å². The number of hydrogen-bond donors (Lipinski definition) is 2. The molecule has 0 radical (unpaired) electrons. The maximum Gasteiger partial charge on any atom is 0.0755 e. The topological polar surface area (TPSA) is 55.9 Å². The Kier molecular flexibility index (Phi) is 4.01. The normalized spacial score (nSPS) is 12.7. The molecule has 2 aromatic rings. The fraction of sp³-hybridized carbons (Fsp3) is 0.308. The van der Waals surface area contributed by atoms with Gasteiger partial charge in [0.25, 0.3) is 0 Å². The number of nitrogens with zero attached hydrogens (tertiary/aromatic N) is 2. The van der Waals surface area contributed by atoms with Crippen LogP contribution in [-0.2, 0) is 6.54 Å². The van der Waals surface area contributed by atoms with Crippen molar-refractivity contribution < 1.29 is 0 Å². The van der Waals surface area contributed by atoms with Crippen molar-refractivity contribution in [3.63, 3.8) is 0 Å². The predicted molar refractivity (Wildman–Crippen MR) is 73.3 cm³/mol. The number of benzene rings is 1. The maximum atomic E-state index is 6.33. The Morgan fingerprint density at radius 2 is 2.28 bits per heavy atom. The molecule has 96 valence electrons. The van der Waals surface area contributed by atoms with E-state index in [0.29, 0.717) is 0 Å². The summed E-state index contributed by atoms with van der Waals surface area (Å²) in [4.78, 5) is 0. The fourth-order valence-corrected chi connectivity index (χ4v) is 2.20. The van der Waals surface area contributed by atoms with Gasteiger partial charge in [-0.25, -0.2) is 5.43 Å². The number of rotatable bonds is 4. The minimum atomic E-state index is -0.141. The molecule has 1 atom stereocenters. The van der Waals surface area contributed by atoms with Crippen LogP contribution in [0.15, 0.2) is 30.6 Å². The van der Waals surface area contributed by atoms with Crippen LogP contribution in [0.5, 0.6) is 0 Å². The van der Waals surface area contributed by atoms with E-state index < -0.39 is 0 Å². The third kappa shape index (κ3) is 2.41. The summed E-state index contributed by atoms with van der Waals surface area (Å²) in [7, 11) is 0. The van der Waals surface area contributed by atoms with Gasteiger partial charge < -0.3 is 0 Å². The lowest BCUT2D eigenvalue weighted by Crippen LogP contribution is -2.29. The summed E-state index contributed by atoms with van der Waals surface area (Å²) in [5, 5.41) is 5.00. The second kappa shape index (κ2) is 5.52.